The van der Waals surface area contributed by atoms with Gasteiger partial charge >= 0.3 is 0 Å². The first-order chi connectivity index (χ1) is 13.7. The molecule has 154 valence electrons. The SMILES string of the molecule is CC(C)N(C(=O)[C@@H](C)Sc1nc2scc(-c3ccc(F)cc3)c2c(=O)[nH]1)C(C)C. The molecule has 1 atom stereocenters. The second-order valence-electron chi connectivity index (χ2n) is 7.40. The van der Waals surface area contributed by atoms with Crippen LogP contribution in [0.2, 0.25) is 0 Å². The lowest BCUT2D eigenvalue weighted by atomic mass is 10.1. The Morgan fingerprint density at radius 1 is 1.14 bits per heavy atom. The molecule has 29 heavy (non-hydrogen) atoms. The number of thioether (sulfide) groups is 1. The maximum Gasteiger partial charge on any atom is 0.260 e. The molecule has 1 N–H and O–H groups in total. The van der Waals surface area contributed by atoms with Crippen molar-refractivity contribution in [3.63, 3.8) is 0 Å². The van der Waals surface area contributed by atoms with E-state index in [0.717, 1.165) is 11.1 Å². The van der Waals surface area contributed by atoms with Crippen LogP contribution in [-0.4, -0.2) is 38.1 Å². The van der Waals surface area contributed by atoms with E-state index in [0.29, 0.717) is 15.4 Å². The molecule has 1 aromatic carbocycles. The third-order valence-corrected chi connectivity index (χ3v) is 6.42. The molecular weight excluding hydrogens is 409 g/mol. The van der Waals surface area contributed by atoms with Crippen LogP contribution in [0.25, 0.3) is 21.3 Å². The summed E-state index contributed by atoms with van der Waals surface area (Å²) in [6.07, 6.45) is 0. The molecule has 0 spiro atoms. The van der Waals surface area contributed by atoms with Crippen molar-refractivity contribution in [2.24, 2.45) is 0 Å². The summed E-state index contributed by atoms with van der Waals surface area (Å²) >= 11 is 2.61. The highest BCUT2D eigenvalue weighted by Gasteiger charge is 2.26. The standard InChI is InChI=1S/C21H24FN3O2S2/c1-11(2)25(12(3)4)20(27)13(5)29-21-23-18(26)17-16(10-28-19(17)24-21)14-6-8-15(22)9-7-14/h6-13H,1-5H3,(H,23,24,26)/t13-/m1/s1. The molecule has 2 heterocycles. The highest BCUT2D eigenvalue weighted by molar-refractivity contribution is 8.00. The number of hydrogen-bond acceptors (Lipinski definition) is 5. The van der Waals surface area contributed by atoms with Gasteiger partial charge in [0.2, 0.25) is 5.91 Å². The van der Waals surface area contributed by atoms with E-state index < -0.39 is 0 Å². The van der Waals surface area contributed by atoms with Gasteiger partial charge in [-0.1, -0.05) is 23.9 Å². The van der Waals surface area contributed by atoms with E-state index in [4.69, 9.17) is 0 Å². The van der Waals surface area contributed by atoms with Crippen LogP contribution in [0.3, 0.4) is 0 Å². The fourth-order valence-electron chi connectivity index (χ4n) is 3.36. The molecule has 8 heteroatoms. The number of aromatic nitrogens is 2. The van der Waals surface area contributed by atoms with Crippen LogP contribution in [0.1, 0.15) is 34.6 Å². The first-order valence-corrected chi connectivity index (χ1v) is 11.2. The summed E-state index contributed by atoms with van der Waals surface area (Å²) in [4.78, 5) is 35.4. The number of H-pyrrole nitrogens is 1. The topological polar surface area (TPSA) is 66.1 Å². The van der Waals surface area contributed by atoms with Crippen LogP contribution in [0.15, 0.2) is 39.6 Å². The van der Waals surface area contributed by atoms with Crippen molar-refractivity contribution in [3.05, 3.63) is 45.8 Å². The van der Waals surface area contributed by atoms with Gasteiger partial charge in [-0.25, -0.2) is 9.37 Å². The molecule has 0 aliphatic heterocycles. The number of rotatable bonds is 6. The van der Waals surface area contributed by atoms with E-state index in [2.05, 4.69) is 9.97 Å². The number of fused-ring (bicyclic) bond motifs is 1. The number of amides is 1. The predicted molar refractivity (Wildman–Crippen MR) is 118 cm³/mol. The summed E-state index contributed by atoms with van der Waals surface area (Å²) in [6.45, 7) is 9.79. The van der Waals surface area contributed by atoms with Gasteiger partial charge in [0.05, 0.1) is 10.6 Å². The van der Waals surface area contributed by atoms with Crippen molar-refractivity contribution in [2.45, 2.75) is 57.1 Å². The number of carbonyl (C=O) groups excluding carboxylic acids is 1. The highest BCUT2D eigenvalue weighted by atomic mass is 32.2. The maximum atomic E-state index is 13.2. The van der Waals surface area contributed by atoms with Crippen molar-refractivity contribution in [2.75, 3.05) is 0 Å². The lowest BCUT2D eigenvalue weighted by Crippen LogP contribution is -2.45. The Bertz CT molecular complexity index is 1070. The van der Waals surface area contributed by atoms with Crippen LogP contribution in [-0.2, 0) is 4.79 Å². The van der Waals surface area contributed by atoms with Crippen LogP contribution in [0.4, 0.5) is 4.39 Å². The minimum atomic E-state index is -0.378. The molecule has 0 aliphatic carbocycles. The zero-order valence-corrected chi connectivity index (χ0v) is 18.7. The van der Waals surface area contributed by atoms with Gasteiger partial charge in [0.15, 0.2) is 5.16 Å². The van der Waals surface area contributed by atoms with Gasteiger partial charge in [-0.15, -0.1) is 11.3 Å². The zero-order chi connectivity index (χ0) is 21.3. The Balaban J connectivity index is 1.90. The molecule has 0 unspecified atom stereocenters. The average Bonchev–Trinajstić information content (AvgIpc) is 3.06. The Morgan fingerprint density at radius 2 is 1.76 bits per heavy atom. The first kappa shape index (κ1) is 21.5. The quantitative estimate of drug-likeness (QED) is 0.443. The van der Waals surface area contributed by atoms with E-state index in [9.17, 15) is 14.0 Å². The highest BCUT2D eigenvalue weighted by Crippen LogP contribution is 2.32. The van der Waals surface area contributed by atoms with Gasteiger partial charge in [-0.05, 0) is 52.3 Å². The fourth-order valence-corrected chi connectivity index (χ4v) is 5.22. The minimum absolute atomic E-state index is 0.0147. The van der Waals surface area contributed by atoms with Crippen molar-refractivity contribution >= 4 is 39.2 Å². The Kier molecular flexibility index (Phi) is 6.43. The molecule has 0 bridgehead atoms. The number of nitrogens with one attached hydrogen (secondary N) is 1. The van der Waals surface area contributed by atoms with Gasteiger partial charge in [-0.2, -0.15) is 0 Å². The molecule has 0 aliphatic rings. The van der Waals surface area contributed by atoms with Crippen molar-refractivity contribution in [1.82, 2.24) is 14.9 Å². The van der Waals surface area contributed by atoms with Gasteiger partial charge < -0.3 is 9.88 Å². The number of hydrogen-bond donors (Lipinski definition) is 1. The van der Waals surface area contributed by atoms with E-state index in [-0.39, 0.29) is 34.6 Å². The first-order valence-electron chi connectivity index (χ1n) is 9.45. The summed E-state index contributed by atoms with van der Waals surface area (Å²) in [5, 5.41) is 2.37. The van der Waals surface area contributed by atoms with Gasteiger partial charge in [0, 0.05) is 23.0 Å². The van der Waals surface area contributed by atoms with Crippen LogP contribution in [0.5, 0.6) is 0 Å². The summed E-state index contributed by atoms with van der Waals surface area (Å²) in [7, 11) is 0. The number of aromatic amines is 1. The lowest BCUT2D eigenvalue weighted by Gasteiger charge is -2.32. The number of halogens is 1. The van der Waals surface area contributed by atoms with Gasteiger partial charge in [0.1, 0.15) is 10.6 Å². The molecule has 1 amide bonds. The Hall–Kier alpha value is -2.19. The fraction of sp³-hybridized carbons (Fsp3) is 0.381. The van der Waals surface area contributed by atoms with E-state index in [1.807, 2.05) is 44.9 Å². The normalized spacial score (nSPS) is 12.7. The minimum Gasteiger partial charge on any atom is -0.337 e. The van der Waals surface area contributed by atoms with E-state index in [1.54, 1.807) is 12.1 Å². The molecular formula is C21H24FN3O2S2. The summed E-state index contributed by atoms with van der Waals surface area (Å²) in [5.41, 5.74) is 1.23. The maximum absolute atomic E-state index is 13.2. The molecule has 0 saturated heterocycles. The molecule has 0 radical (unpaired) electrons. The molecule has 3 aromatic rings. The average molecular weight is 434 g/mol. The Morgan fingerprint density at radius 3 is 2.34 bits per heavy atom. The zero-order valence-electron chi connectivity index (χ0n) is 17.0. The van der Waals surface area contributed by atoms with Crippen LogP contribution in [0, 0.1) is 5.82 Å². The third kappa shape index (κ3) is 4.53. The molecule has 0 saturated carbocycles. The van der Waals surface area contributed by atoms with Crippen molar-refractivity contribution in [1.29, 1.82) is 0 Å². The monoisotopic (exact) mass is 433 g/mol. The van der Waals surface area contributed by atoms with Crippen LogP contribution >= 0.6 is 23.1 Å². The largest absolute Gasteiger partial charge is 0.337 e. The number of benzene rings is 1. The van der Waals surface area contributed by atoms with Crippen molar-refractivity contribution in [3.8, 4) is 11.1 Å². The molecule has 5 nitrogen and oxygen atoms in total. The Labute approximate surface area is 177 Å². The summed E-state index contributed by atoms with van der Waals surface area (Å²) in [6, 6.07) is 6.21. The summed E-state index contributed by atoms with van der Waals surface area (Å²) in [5.74, 6) is -0.310. The summed E-state index contributed by atoms with van der Waals surface area (Å²) < 4.78 is 13.2. The van der Waals surface area contributed by atoms with Gasteiger partial charge in [-0.3, -0.25) is 9.59 Å². The second kappa shape index (κ2) is 8.67. The molecule has 3 rings (SSSR count). The van der Waals surface area contributed by atoms with Gasteiger partial charge in [0.25, 0.3) is 5.56 Å². The van der Waals surface area contributed by atoms with Crippen molar-refractivity contribution < 1.29 is 9.18 Å². The lowest BCUT2D eigenvalue weighted by molar-refractivity contribution is -0.133. The molecule has 0 fully saturated rings. The van der Waals surface area contributed by atoms with Crippen LogP contribution < -0.4 is 5.56 Å². The predicted octanol–water partition coefficient (Wildman–Crippen LogP) is 4.92. The number of thiophene rings is 1. The number of nitrogens with zero attached hydrogens (tertiary/aromatic N) is 2. The third-order valence-electron chi connectivity index (χ3n) is 4.58. The number of carbonyl (C=O) groups is 1. The second-order valence-corrected chi connectivity index (χ2v) is 9.59. The van der Waals surface area contributed by atoms with E-state index in [1.165, 1.54) is 35.2 Å². The van der Waals surface area contributed by atoms with E-state index >= 15 is 0 Å². The smallest absolute Gasteiger partial charge is 0.260 e. The molecule has 2 aromatic heterocycles.